The van der Waals surface area contributed by atoms with Crippen molar-refractivity contribution in [2.75, 3.05) is 12.4 Å². The first-order chi connectivity index (χ1) is 15.3. The Morgan fingerprint density at radius 2 is 1.69 bits per heavy atom. The second kappa shape index (κ2) is 6.25. The highest BCUT2D eigenvalue weighted by Crippen LogP contribution is 2.70. The number of ether oxygens (including phenoxy) is 1. The van der Waals surface area contributed by atoms with Crippen LogP contribution in [0.25, 0.3) is 21.3 Å². The fourth-order valence-electron chi connectivity index (χ4n) is 5.84. The van der Waals surface area contributed by atoms with Crippen LogP contribution < -0.4 is 10.1 Å². The van der Waals surface area contributed by atoms with E-state index in [-0.39, 0.29) is 16.7 Å². The number of thiazole rings is 1. The molecule has 2 aliphatic carbocycles. The minimum absolute atomic E-state index is 0.0411. The summed E-state index contributed by atoms with van der Waals surface area (Å²) < 4.78 is 6.30. The minimum atomic E-state index is -0.746. The van der Waals surface area contributed by atoms with Crippen molar-refractivity contribution >= 4 is 43.6 Å². The number of fused-ring (bicyclic) bond motifs is 7. The summed E-state index contributed by atoms with van der Waals surface area (Å²) in [6, 6.07) is 13.6. The Morgan fingerprint density at radius 3 is 2.41 bits per heavy atom. The number of hydrogen-bond donors (Lipinski definition) is 1. The van der Waals surface area contributed by atoms with E-state index in [4.69, 9.17) is 14.7 Å². The average Bonchev–Trinajstić information content (AvgIpc) is 3.32. The highest BCUT2D eigenvalue weighted by Gasteiger charge is 2.73. The first-order valence-corrected chi connectivity index (χ1v) is 11.7. The largest absolute Gasteiger partial charge is 0.497 e. The fraction of sp³-hybridized carbons (Fsp3) is 0.360. The predicted molar refractivity (Wildman–Crippen MR) is 126 cm³/mol. The Morgan fingerprint density at radius 1 is 0.969 bits per heavy atom. The smallest absolute Gasteiger partial charge is 0.239 e. The van der Waals surface area contributed by atoms with Gasteiger partial charge >= 0.3 is 0 Å². The molecule has 2 unspecified atom stereocenters. The minimum Gasteiger partial charge on any atom is -0.497 e. The number of nitrogens with one attached hydrogen (secondary N) is 1. The normalized spacial score (nSPS) is 25.2. The van der Waals surface area contributed by atoms with Crippen molar-refractivity contribution in [1.82, 2.24) is 15.0 Å². The fourth-order valence-corrected chi connectivity index (χ4v) is 6.73. The van der Waals surface area contributed by atoms with Crippen LogP contribution in [0.1, 0.15) is 45.0 Å². The SMILES string of the molecule is COc1ccc2nc(NC(=O)C34CCC(C)(c5nc6ccccc6nc53)C4(C)C)sc2c1. The first-order valence-electron chi connectivity index (χ1n) is 10.8. The molecule has 0 aliphatic heterocycles. The number of benzene rings is 2. The maximum Gasteiger partial charge on any atom is 0.239 e. The van der Waals surface area contributed by atoms with E-state index in [9.17, 15) is 4.79 Å². The second-order valence-electron chi connectivity index (χ2n) is 9.58. The number of anilines is 1. The average molecular weight is 445 g/mol. The van der Waals surface area contributed by atoms with Crippen LogP contribution in [-0.4, -0.2) is 28.0 Å². The molecule has 162 valence electrons. The number of amides is 1. The van der Waals surface area contributed by atoms with E-state index in [1.807, 2.05) is 42.5 Å². The molecule has 0 radical (unpaired) electrons. The van der Waals surface area contributed by atoms with Crippen LogP contribution in [0.2, 0.25) is 0 Å². The third kappa shape index (κ3) is 2.24. The number of nitrogens with zero attached hydrogens (tertiary/aromatic N) is 3. The van der Waals surface area contributed by atoms with Gasteiger partial charge in [0.05, 0.1) is 45.2 Å². The Bertz CT molecular complexity index is 1430. The molecule has 1 amide bonds. The zero-order valence-electron chi connectivity index (χ0n) is 18.5. The molecule has 7 heteroatoms. The molecule has 6 nitrogen and oxygen atoms in total. The van der Waals surface area contributed by atoms with Gasteiger partial charge in [0, 0.05) is 5.41 Å². The van der Waals surface area contributed by atoms with Crippen LogP contribution in [-0.2, 0) is 15.6 Å². The molecule has 0 saturated heterocycles. The van der Waals surface area contributed by atoms with Gasteiger partial charge in [-0.1, -0.05) is 44.2 Å². The molecule has 1 N–H and O–H groups in total. The van der Waals surface area contributed by atoms with Crippen molar-refractivity contribution in [3.05, 3.63) is 53.9 Å². The van der Waals surface area contributed by atoms with Crippen LogP contribution in [0, 0.1) is 5.41 Å². The molecule has 2 atom stereocenters. The number of aromatic nitrogens is 3. The Hall–Kier alpha value is -3.06. The van der Waals surface area contributed by atoms with Gasteiger partial charge in [0.25, 0.3) is 0 Å². The lowest BCUT2D eigenvalue weighted by Gasteiger charge is -2.39. The second-order valence-corrected chi connectivity index (χ2v) is 10.6. The van der Waals surface area contributed by atoms with E-state index in [2.05, 4.69) is 31.1 Å². The first kappa shape index (κ1) is 19.6. The van der Waals surface area contributed by atoms with Gasteiger partial charge in [-0.2, -0.15) is 0 Å². The quantitative estimate of drug-likeness (QED) is 0.469. The number of methoxy groups -OCH3 is 1. The van der Waals surface area contributed by atoms with Gasteiger partial charge < -0.3 is 10.1 Å². The molecule has 2 aromatic carbocycles. The lowest BCUT2D eigenvalue weighted by Crippen LogP contribution is -2.48. The summed E-state index contributed by atoms with van der Waals surface area (Å²) in [4.78, 5) is 28.7. The van der Waals surface area contributed by atoms with E-state index in [0.717, 1.165) is 51.2 Å². The topological polar surface area (TPSA) is 77.0 Å². The maximum atomic E-state index is 14.0. The summed E-state index contributed by atoms with van der Waals surface area (Å²) >= 11 is 1.46. The van der Waals surface area contributed by atoms with Crippen molar-refractivity contribution in [1.29, 1.82) is 0 Å². The number of hydrogen-bond acceptors (Lipinski definition) is 6. The zero-order valence-corrected chi connectivity index (χ0v) is 19.3. The van der Waals surface area contributed by atoms with Gasteiger partial charge in [0.15, 0.2) is 5.13 Å². The number of para-hydroxylation sites is 2. The molecule has 2 bridgehead atoms. The molecular formula is C25H24N4O2S. The van der Waals surface area contributed by atoms with Crippen molar-refractivity contribution in [3.63, 3.8) is 0 Å². The highest BCUT2D eigenvalue weighted by atomic mass is 32.1. The van der Waals surface area contributed by atoms with E-state index in [1.54, 1.807) is 7.11 Å². The van der Waals surface area contributed by atoms with Gasteiger partial charge in [0.2, 0.25) is 5.91 Å². The third-order valence-electron chi connectivity index (χ3n) is 8.15. The zero-order chi connectivity index (χ0) is 22.3. The molecule has 1 fully saturated rings. The Kier molecular flexibility index (Phi) is 3.83. The molecule has 2 aliphatic rings. The molecule has 4 aromatic rings. The predicted octanol–water partition coefficient (Wildman–Crippen LogP) is 5.22. The number of carbonyl (C=O) groups is 1. The summed E-state index contributed by atoms with van der Waals surface area (Å²) in [5.41, 5.74) is 3.07. The summed E-state index contributed by atoms with van der Waals surface area (Å²) in [7, 11) is 1.64. The molecule has 0 spiro atoms. The molecule has 2 heterocycles. The van der Waals surface area contributed by atoms with Crippen LogP contribution in [0.5, 0.6) is 5.75 Å². The van der Waals surface area contributed by atoms with Crippen molar-refractivity contribution in [2.24, 2.45) is 5.41 Å². The van der Waals surface area contributed by atoms with E-state index < -0.39 is 5.41 Å². The lowest BCUT2D eigenvalue weighted by molar-refractivity contribution is -0.125. The van der Waals surface area contributed by atoms with Crippen LogP contribution in [0.15, 0.2) is 42.5 Å². The number of carbonyl (C=O) groups excluding carboxylic acids is 1. The Labute approximate surface area is 190 Å². The molecule has 1 saturated carbocycles. The van der Waals surface area contributed by atoms with E-state index >= 15 is 0 Å². The molecular weight excluding hydrogens is 420 g/mol. The van der Waals surface area contributed by atoms with Gasteiger partial charge in [-0.05, 0) is 48.6 Å². The molecule has 6 rings (SSSR count). The van der Waals surface area contributed by atoms with Crippen molar-refractivity contribution < 1.29 is 9.53 Å². The standard InChI is InChI=1S/C25H24N4O2S/c1-23(2)24(3)11-12-25(23,20-19(24)26-15-7-5-6-8-16(15)27-20)21(30)29-22-28-17-10-9-14(31-4)13-18(17)32-22/h5-10,13H,11-12H2,1-4H3,(H,28,29,30). The van der Waals surface area contributed by atoms with Gasteiger partial charge in [-0.15, -0.1) is 0 Å². The Balaban J connectivity index is 1.47. The van der Waals surface area contributed by atoms with Crippen LogP contribution in [0.3, 0.4) is 0 Å². The third-order valence-corrected chi connectivity index (χ3v) is 9.08. The summed E-state index contributed by atoms with van der Waals surface area (Å²) in [5.74, 6) is 0.734. The highest BCUT2D eigenvalue weighted by molar-refractivity contribution is 7.22. The van der Waals surface area contributed by atoms with Crippen LogP contribution in [0.4, 0.5) is 5.13 Å². The van der Waals surface area contributed by atoms with E-state index in [0.29, 0.717) is 5.13 Å². The summed E-state index contributed by atoms with van der Waals surface area (Å²) in [5, 5.41) is 3.75. The van der Waals surface area contributed by atoms with Crippen molar-refractivity contribution in [2.45, 2.75) is 44.4 Å². The van der Waals surface area contributed by atoms with Gasteiger partial charge in [0.1, 0.15) is 5.75 Å². The summed E-state index contributed by atoms with van der Waals surface area (Å²) in [6.45, 7) is 6.62. The van der Waals surface area contributed by atoms with Gasteiger partial charge in [-0.25, -0.2) is 15.0 Å². The van der Waals surface area contributed by atoms with Crippen molar-refractivity contribution in [3.8, 4) is 5.75 Å². The van der Waals surface area contributed by atoms with Gasteiger partial charge in [-0.3, -0.25) is 4.79 Å². The maximum absolute atomic E-state index is 14.0. The molecule has 32 heavy (non-hydrogen) atoms. The summed E-state index contributed by atoms with van der Waals surface area (Å²) in [6.07, 6.45) is 1.66. The molecule has 2 aromatic heterocycles. The monoisotopic (exact) mass is 444 g/mol. The number of rotatable bonds is 3. The van der Waals surface area contributed by atoms with E-state index in [1.165, 1.54) is 11.3 Å². The van der Waals surface area contributed by atoms with Crippen LogP contribution >= 0.6 is 11.3 Å². The lowest BCUT2D eigenvalue weighted by atomic mass is 9.63.